The Hall–Kier alpha value is -0.570. The van der Waals surface area contributed by atoms with E-state index in [4.69, 9.17) is 5.11 Å². The Morgan fingerprint density at radius 1 is 1.62 bits per heavy atom. The van der Waals surface area contributed by atoms with E-state index in [1.807, 2.05) is 14.1 Å². The quantitative estimate of drug-likeness (QED) is 0.479. The molecule has 0 bridgehead atoms. The first kappa shape index (κ1) is 7.43. The normalized spacial score (nSPS) is 9.88. The molecule has 0 saturated carbocycles. The molecular weight excluding hydrogens is 106 g/mol. The van der Waals surface area contributed by atoms with Gasteiger partial charge >= 0.3 is 5.97 Å². The van der Waals surface area contributed by atoms with Gasteiger partial charge < -0.3 is 10.0 Å². The van der Waals surface area contributed by atoms with Crippen LogP contribution in [0.4, 0.5) is 0 Å². The molecule has 3 nitrogen and oxygen atoms in total. The number of carbonyl (C=O) groups is 1. The minimum Gasteiger partial charge on any atom is -0.481 e. The highest BCUT2D eigenvalue weighted by Crippen LogP contribution is 1.68. The highest BCUT2D eigenvalue weighted by atomic mass is 16.4. The summed E-state index contributed by atoms with van der Waals surface area (Å²) < 4.78 is 0. The van der Waals surface area contributed by atoms with Gasteiger partial charge in [0.25, 0.3) is 0 Å². The predicted octanol–water partition coefficient (Wildman–Crippen LogP) is -1.39. The molecule has 0 spiro atoms. The topological polar surface area (TPSA) is 41.7 Å². The van der Waals surface area contributed by atoms with Gasteiger partial charge in [-0.2, -0.15) is 0 Å². The molecule has 3 heteroatoms. The summed E-state index contributed by atoms with van der Waals surface area (Å²) in [6.07, 6.45) is 0.266. The Morgan fingerprint density at radius 3 is 2.25 bits per heavy atom. The molecule has 0 atom stereocenters. The van der Waals surface area contributed by atoms with Crippen LogP contribution in [-0.4, -0.2) is 31.7 Å². The van der Waals surface area contributed by atoms with Gasteiger partial charge in [0, 0.05) is 0 Å². The molecule has 0 aromatic carbocycles. The zero-order chi connectivity index (χ0) is 6.57. The van der Waals surface area contributed by atoms with Crippen LogP contribution in [-0.2, 0) is 4.79 Å². The van der Waals surface area contributed by atoms with E-state index in [1.165, 1.54) is 4.90 Å². The summed E-state index contributed by atoms with van der Waals surface area (Å²) in [7, 11) is 3.87. The molecule has 0 radical (unpaired) electrons. The molecule has 0 rings (SSSR count). The molecule has 8 heavy (non-hydrogen) atoms. The number of carboxylic acids is 1. The third-order valence-electron chi connectivity index (χ3n) is 0.839. The molecule has 0 unspecified atom stereocenters. The first-order valence-corrected chi connectivity index (χ1v) is 2.63. The Morgan fingerprint density at radius 2 is 2.12 bits per heavy atom. The Bertz CT molecular complexity index is 80.5. The smallest absolute Gasteiger partial charge is 0.309 e. The van der Waals surface area contributed by atoms with Gasteiger partial charge in [0.1, 0.15) is 0 Å². The van der Waals surface area contributed by atoms with Crippen LogP contribution in [0.15, 0.2) is 0 Å². The monoisotopic (exact) mass is 118 g/mol. The lowest BCUT2D eigenvalue weighted by Gasteiger charge is -2.02. The highest BCUT2D eigenvalue weighted by Gasteiger charge is 1.98. The maximum absolute atomic E-state index is 9.89. The van der Waals surface area contributed by atoms with Gasteiger partial charge in [0.2, 0.25) is 0 Å². The summed E-state index contributed by atoms with van der Waals surface area (Å²) in [4.78, 5) is 11.1. The molecule has 0 aliphatic rings. The second-order valence-corrected chi connectivity index (χ2v) is 2.10. The molecule has 0 saturated heterocycles. The van der Waals surface area contributed by atoms with Crippen molar-refractivity contribution in [2.45, 2.75) is 6.42 Å². The lowest BCUT2D eigenvalue weighted by atomic mass is 10.4. The maximum Gasteiger partial charge on any atom is 0.309 e. The molecule has 0 aromatic rings. The van der Waals surface area contributed by atoms with Crippen LogP contribution in [0.5, 0.6) is 0 Å². The number of nitrogens with one attached hydrogen (secondary N) is 1. The first-order chi connectivity index (χ1) is 3.63. The number of aliphatic carboxylic acids is 1. The fraction of sp³-hybridized carbons (Fsp3) is 0.800. The zero-order valence-corrected chi connectivity index (χ0v) is 5.27. The molecule has 0 aromatic heterocycles. The van der Waals surface area contributed by atoms with Crippen LogP contribution in [0.1, 0.15) is 6.42 Å². The van der Waals surface area contributed by atoms with E-state index < -0.39 is 5.97 Å². The summed E-state index contributed by atoms with van der Waals surface area (Å²) in [5.74, 6) is -0.716. The number of hydrogen-bond donors (Lipinski definition) is 2. The average molecular weight is 118 g/mol. The maximum atomic E-state index is 9.89. The van der Waals surface area contributed by atoms with Crippen LogP contribution in [0.3, 0.4) is 0 Å². The van der Waals surface area contributed by atoms with E-state index >= 15 is 0 Å². The summed E-state index contributed by atoms with van der Waals surface area (Å²) in [6, 6.07) is 0. The van der Waals surface area contributed by atoms with Gasteiger partial charge in [-0.25, -0.2) is 0 Å². The number of quaternary nitrogens is 1. The standard InChI is InChI=1S/C5H11NO2/c1-6(2)4-3-5(7)8/h3-4H2,1-2H3,(H,7,8)/p+1. The second kappa shape index (κ2) is 3.43. The Kier molecular flexibility index (Phi) is 3.19. The van der Waals surface area contributed by atoms with Crippen molar-refractivity contribution in [1.82, 2.24) is 0 Å². The van der Waals surface area contributed by atoms with Gasteiger partial charge in [0.05, 0.1) is 27.1 Å². The number of carboxylic acid groups (broad SMARTS) is 1. The van der Waals surface area contributed by atoms with E-state index in [0.29, 0.717) is 6.54 Å². The molecule has 2 N–H and O–H groups in total. The summed E-state index contributed by atoms with van der Waals surface area (Å²) in [5.41, 5.74) is 0. The Balaban J connectivity index is 3.05. The van der Waals surface area contributed by atoms with E-state index in [9.17, 15) is 4.79 Å². The van der Waals surface area contributed by atoms with Crippen molar-refractivity contribution in [1.29, 1.82) is 0 Å². The van der Waals surface area contributed by atoms with Gasteiger partial charge in [-0.05, 0) is 0 Å². The average Bonchev–Trinajstić information content (AvgIpc) is 1.61. The number of rotatable bonds is 3. The molecule has 0 aliphatic heterocycles. The SMILES string of the molecule is C[NH+](C)CCC(=O)O. The van der Waals surface area contributed by atoms with Gasteiger partial charge in [-0.1, -0.05) is 0 Å². The number of hydrogen-bond acceptors (Lipinski definition) is 1. The van der Waals surface area contributed by atoms with E-state index in [0.717, 1.165) is 0 Å². The van der Waals surface area contributed by atoms with Crippen LogP contribution in [0, 0.1) is 0 Å². The molecule has 0 aliphatic carbocycles. The Labute approximate surface area is 48.9 Å². The lowest BCUT2D eigenvalue weighted by Crippen LogP contribution is -3.05. The van der Waals surface area contributed by atoms with Crippen molar-refractivity contribution >= 4 is 5.97 Å². The van der Waals surface area contributed by atoms with E-state index in [-0.39, 0.29) is 6.42 Å². The van der Waals surface area contributed by atoms with Gasteiger partial charge in [0.15, 0.2) is 0 Å². The van der Waals surface area contributed by atoms with Gasteiger partial charge in [-0.15, -0.1) is 0 Å². The first-order valence-electron chi connectivity index (χ1n) is 2.63. The molecule has 0 heterocycles. The van der Waals surface area contributed by atoms with Crippen LogP contribution >= 0.6 is 0 Å². The molecule has 0 fully saturated rings. The van der Waals surface area contributed by atoms with Crippen molar-refractivity contribution in [2.24, 2.45) is 0 Å². The van der Waals surface area contributed by atoms with Gasteiger partial charge in [-0.3, -0.25) is 4.79 Å². The summed E-state index contributed by atoms with van der Waals surface area (Å²) in [5, 5.41) is 8.15. The van der Waals surface area contributed by atoms with Crippen molar-refractivity contribution in [2.75, 3.05) is 20.6 Å². The minimum atomic E-state index is -0.716. The zero-order valence-electron chi connectivity index (χ0n) is 5.27. The second-order valence-electron chi connectivity index (χ2n) is 2.10. The highest BCUT2D eigenvalue weighted by molar-refractivity contribution is 5.66. The van der Waals surface area contributed by atoms with E-state index in [2.05, 4.69) is 0 Å². The fourth-order valence-electron chi connectivity index (χ4n) is 0.357. The van der Waals surface area contributed by atoms with E-state index in [1.54, 1.807) is 0 Å². The van der Waals surface area contributed by atoms with Crippen molar-refractivity contribution < 1.29 is 14.8 Å². The molecule has 48 valence electrons. The third kappa shape index (κ3) is 5.43. The van der Waals surface area contributed by atoms with Crippen molar-refractivity contribution in [3.05, 3.63) is 0 Å². The largest absolute Gasteiger partial charge is 0.481 e. The van der Waals surface area contributed by atoms with Crippen LogP contribution in [0.2, 0.25) is 0 Å². The predicted molar refractivity (Wildman–Crippen MR) is 29.9 cm³/mol. The molecular formula is C5H12NO2+. The lowest BCUT2D eigenvalue weighted by molar-refractivity contribution is -0.857. The summed E-state index contributed by atoms with van der Waals surface area (Å²) in [6.45, 7) is 0.704. The summed E-state index contributed by atoms with van der Waals surface area (Å²) >= 11 is 0. The van der Waals surface area contributed by atoms with Crippen LogP contribution < -0.4 is 4.90 Å². The van der Waals surface area contributed by atoms with Crippen molar-refractivity contribution in [3.63, 3.8) is 0 Å². The molecule has 0 amide bonds. The fourth-order valence-corrected chi connectivity index (χ4v) is 0.357. The van der Waals surface area contributed by atoms with Crippen molar-refractivity contribution in [3.8, 4) is 0 Å². The minimum absolute atomic E-state index is 0.266. The van der Waals surface area contributed by atoms with Crippen LogP contribution in [0.25, 0.3) is 0 Å². The third-order valence-corrected chi connectivity index (χ3v) is 0.839.